The molecule has 3 aromatic carbocycles. The van der Waals surface area contributed by atoms with Gasteiger partial charge in [-0.15, -0.1) is 0 Å². The maximum atomic E-state index is 12.4. The number of esters is 1. The normalized spacial score (nSPS) is 14.2. The van der Waals surface area contributed by atoms with Gasteiger partial charge in [-0.3, -0.25) is 0 Å². The van der Waals surface area contributed by atoms with Gasteiger partial charge in [0, 0.05) is 22.7 Å². The number of ether oxygens (including phenoxy) is 3. The lowest BCUT2D eigenvalue weighted by molar-refractivity contribution is -0.129. The summed E-state index contributed by atoms with van der Waals surface area (Å²) in [5.41, 5.74) is 2.83. The number of cyclic esters (lactones) is 1. The Balaban J connectivity index is 1.57. The number of benzene rings is 3. The van der Waals surface area contributed by atoms with Crippen molar-refractivity contribution >= 4 is 79.1 Å². The van der Waals surface area contributed by atoms with Gasteiger partial charge in [0.2, 0.25) is 5.90 Å². The summed E-state index contributed by atoms with van der Waals surface area (Å²) in [5, 5.41) is 0. The van der Waals surface area contributed by atoms with Crippen molar-refractivity contribution in [2.24, 2.45) is 4.99 Å². The second-order valence-electron chi connectivity index (χ2n) is 6.98. The predicted octanol–water partition coefficient (Wildman–Crippen LogP) is 6.98. The van der Waals surface area contributed by atoms with Crippen LogP contribution in [0.3, 0.4) is 0 Å². The maximum Gasteiger partial charge on any atom is 0.363 e. The third-order valence-corrected chi connectivity index (χ3v) is 8.09. The molecule has 0 radical (unpaired) electrons. The Morgan fingerprint density at radius 2 is 1.82 bits per heavy atom. The lowest BCUT2D eigenvalue weighted by Crippen LogP contribution is -2.05. The summed E-state index contributed by atoms with van der Waals surface area (Å²) in [6.07, 6.45) is 1.68. The minimum absolute atomic E-state index is 0.231. The Morgan fingerprint density at radius 1 is 1.00 bits per heavy atom. The van der Waals surface area contributed by atoms with E-state index in [9.17, 15) is 4.79 Å². The zero-order valence-electron chi connectivity index (χ0n) is 17.5. The smallest absolute Gasteiger partial charge is 0.363 e. The van der Waals surface area contributed by atoms with Crippen molar-refractivity contribution in [2.45, 2.75) is 13.5 Å². The largest absolute Gasteiger partial charge is 0.490 e. The molecule has 0 aromatic heterocycles. The summed E-state index contributed by atoms with van der Waals surface area (Å²) < 4.78 is 20.3. The zero-order valence-corrected chi connectivity index (χ0v) is 23.4. The van der Waals surface area contributed by atoms with Crippen molar-refractivity contribution in [1.82, 2.24) is 0 Å². The third-order valence-electron chi connectivity index (χ3n) is 4.70. The second kappa shape index (κ2) is 11.0. The van der Waals surface area contributed by atoms with E-state index in [2.05, 4.69) is 66.1 Å². The van der Waals surface area contributed by atoms with Gasteiger partial charge in [0.15, 0.2) is 17.2 Å². The van der Waals surface area contributed by atoms with E-state index >= 15 is 0 Å². The first-order valence-corrected chi connectivity index (χ1v) is 13.0. The van der Waals surface area contributed by atoms with Crippen LogP contribution in [0.1, 0.15) is 23.6 Å². The number of aliphatic imine (C=N–C) groups is 1. The summed E-state index contributed by atoms with van der Waals surface area (Å²) >= 11 is 8.01. The molecule has 33 heavy (non-hydrogen) atoms. The topological polar surface area (TPSA) is 57.1 Å². The molecule has 1 aliphatic heterocycles. The molecule has 0 saturated carbocycles. The van der Waals surface area contributed by atoms with E-state index in [-0.39, 0.29) is 11.6 Å². The minimum Gasteiger partial charge on any atom is -0.490 e. The van der Waals surface area contributed by atoms with Crippen LogP contribution in [0.15, 0.2) is 75.8 Å². The van der Waals surface area contributed by atoms with Crippen molar-refractivity contribution in [3.8, 4) is 11.5 Å². The molecule has 3 aromatic rings. The molecule has 5 nitrogen and oxygen atoms in total. The highest BCUT2D eigenvalue weighted by Crippen LogP contribution is 2.31. The van der Waals surface area contributed by atoms with Gasteiger partial charge < -0.3 is 14.2 Å². The molecule has 0 aliphatic carbocycles. The fraction of sp³-hybridized carbons (Fsp3) is 0.120. The number of hydrogen-bond acceptors (Lipinski definition) is 5. The van der Waals surface area contributed by atoms with Gasteiger partial charge in [0.05, 0.1) is 6.61 Å². The van der Waals surface area contributed by atoms with Crippen molar-refractivity contribution in [1.29, 1.82) is 0 Å². The molecule has 0 unspecified atom stereocenters. The Kier molecular flexibility index (Phi) is 8.07. The number of halogens is 3. The highest BCUT2D eigenvalue weighted by molar-refractivity contribution is 14.1. The van der Waals surface area contributed by atoms with Gasteiger partial charge in [-0.25, -0.2) is 9.79 Å². The number of carbonyl (C=O) groups is 1. The van der Waals surface area contributed by atoms with E-state index < -0.39 is 5.97 Å². The standard InChI is InChI=1S/C25H18BrI2NO4/c1-2-31-23-12-15(7-10-22(23)32-14-17-5-3-4-6-19(17)27)11-21-25(30)33-24(29-21)16-8-9-20(28)18(26)13-16/h3-13H,2,14H2,1H3/b21-11-. The molecule has 4 rings (SSSR count). The molecular weight excluding hydrogens is 712 g/mol. The molecule has 1 aliphatic rings. The predicted molar refractivity (Wildman–Crippen MR) is 149 cm³/mol. The summed E-state index contributed by atoms with van der Waals surface area (Å²) in [5.74, 6) is 1.04. The average molecular weight is 730 g/mol. The second-order valence-corrected chi connectivity index (χ2v) is 10.2. The van der Waals surface area contributed by atoms with Crippen LogP contribution in [0.5, 0.6) is 11.5 Å². The number of carbonyl (C=O) groups excluding carboxylic acids is 1. The lowest BCUT2D eigenvalue weighted by Gasteiger charge is -2.13. The fourth-order valence-electron chi connectivity index (χ4n) is 3.09. The molecule has 0 atom stereocenters. The highest BCUT2D eigenvalue weighted by atomic mass is 127. The average Bonchev–Trinajstić information content (AvgIpc) is 3.16. The van der Waals surface area contributed by atoms with Crippen molar-refractivity contribution in [3.63, 3.8) is 0 Å². The van der Waals surface area contributed by atoms with Crippen LogP contribution < -0.4 is 9.47 Å². The van der Waals surface area contributed by atoms with Crippen LogP contribution in [-0.4, -0.2) is 18.5 Å². The Labute approximate surface area is 227 Å². The lowest BCUT2D eigenvalue weighted by atomic mass is 10.1. The van der Waals surface area contributed by atoms with Gasteiger partial charge in [-0.2, -0.15) is 0 Å². The van der Waals surface area contributed by atoms with E-state index in [4.69, 9.17) is 14.2 Å². The first kappa shape index (κ1) is 24.2. The highest BCUT2D eigenvalue weighted by Gasteiger charge is 2.24. The van der Waals surface area contributed by atoms with Crippen molar-refractivity contribution in [3.05, 3.63) is 94.7 Å². The maximum absolute atomic E-state index is 12.4. The van der Waals surface area contributed by atoms with Crippen molar-refractivity contribution in [2.75, 3.05) is 6.61 Å². The quantitative estimate of drug-likeness (QED) is 0.150. The summed E-state index contributed by atoms with van der Waals surface area (Å²) in [6.45, 7) is 2.84. The molecule has 0 spiro atoms. The van der Waals surface area contributed by atoms with E-state index in [1.807, 2.05) is 67.6 Å². The number of hydrogen-bond donors (Lipinski definition) is 0. The Hall–Kier alpha value is -1.92. The first-order chi connectivity index (χ1) is 15.9. The van der Waals surface area contributed by atoms with E-state index in [0.717, 1.165) is 28.3 Å². The molecular formula is C25H18BrI2NO4. The SMILES string of the molecule is CCOc1cc(/C=C2\N=C(c3ccc(I)c(Br)c3)OC2=O)ccc1OCc1ccccc1I. The summed E-state index contributed by atoms with van der Waals surface area (Å²) in [4.78, 5) is 16.8. The van der Waals surface area contributed by atoms with E-state index in [1.54, 1.807) is 6.08 Å². The van der Waals surface area contributed by atoms with Crippen molar-refractivity contribution < 1.29 is 19.0 Å². The zero-order chi connectivity index (χ0) is 23.4. The Morgan fingerprint density at radius 3 is 2.58 bits per heavy atom. The van der Waals surface area contributed by atoms with Crippen LogP contribution in [0.25, 0.3) is 6.08 Å². The van der Waals surface area contributed by atoms with E-state index in [1.165, 1.54) is 0 Å². The van der Waals surface area contributed by atoms with Crippen LogP contribution in [-0.2, 0) is 16.1 Å². The molecule has 168 valence electrons. The molecule has 8 heteroatoms. The van der Waals surface area contributed by atoms with Gasteiger partial charge in [0.1, 0.15) is 6.61 Å². The minimum atomic E-state index is -0.489. The van der Waals surface area contributed by atoms with Gasteiger partial charge >= 0.3 is 5.97 Å². The fourth-order valence-corrected chi connectivity index (χ4v) is 4.35. The third kappa shape index (κ3) is 5.96. The number of rotatable bonds is 7. The number of nitrogens with zero attached hydrogens (tertiary/aromatic N) is 1. The van der Waals surface area contributed by atoms with Crippen LogP contribution >= 0.6 is 61.1 Å². The molecule has 0 bridgehead atoms. The van der Waals surface area contributed by atoms with Crippen LogP contribution in [0.2, 0.25) is 0 Å². The van der Waals surface area contributed by atoms with Gasteiger partial charge in [-0.05, 0) is 116 Å². The molecule has 1 heterocycles. The summed E-state index contributed by atoms with van der Waals surface area (Å²) in [6, 6.07) is 19.3. The molecule has 0 N–H and O–H groups in total. The van der Waals surface area contributed by atoms with Gasteiger partial charge in [-0.1, -0.05) is 24.3 Å². The first-order valence-electron chi connectivity index (χ1n) is 10.1. The Bertz CT molecular complexity index is 1270. The molecule has 0 amide bonds. The molecule has 0 saturated heterocycles. The monoisotopic (exact) mass is 729 g/mol. The molecule has 0 fully saturated rings. The van der Waals surface area contributed by atoms with Gasteiger partial charge in [0.25, 0.3) is 0 Å². The summed E-state index contributed by atoms with van der Waals surface area (Å²) in [7, 11) is 0. The van der Waals surface area contributed by atoms with Crippen LogP contribution in [0.4, 0.5) is 0 Å². The van der Waals surface area contributed by atoms with E-state index in [0.29, 0.717) is 24.7 Å². The van der Waals surface area contributed by atoms with Crippen LogP contribution in [0, 0.1) is 7.14 Å².